The lowest BCUT2D eigenvalue weighted by atomic mass is 9.85. The number of nitrogens with one attached hydrogen (secondary N) is 2. The van der Waals surface area contributed by atoms with E-state index in [1.807, 2.05) is 0 Å². The Morgan fingerprint density at radius 1 is 0.476 bits per heavy atom. The second kappa shape index (κ2) is 12.0. The van der Waals surface area contributed by atoms with Gasteiger partial charge in [0, 0.05) is 25.2 Å². The average molecular weight is 557 g/mol. The molecule has 0 aromatic heterocycles. The largest absolute Gasteiger partial charge is 0.310 e. The first-order chi connectivity index (χ1) is 19.9. The molecular formula is C40H48N2. The molecule has 0 unspecified atom stereocenters. The summed E-state index contributed by atoms with van der Waals surface area (Å²) in [4.78, 5) is 0. The Hall–Kier alpha value is -3.46. The van der Waals surface area contributed by atoms with Crippen LogP contribution >= 0.6 is 0 Å². The number of fused-ring (bicyclic) bond motifs is 2. The molecule has 0 aliphatic heterocycles. The van der Waals surface area contributed by atoms with Crippen molar-refractivity contribution in [3.63, 3.8) is 0 Å². The Labute approximate surface area is 253 Å². The van der Waals surface area contributed by atoms with E-state index in [1.54, 1.807) is 0 Å². The third-order valence-electron chi connectivity index (χ3n) is 9.28. The maximum atomic E-state index is 3.89. The van der Waals surface area contributed by atoms with Crippen molar-refractivity contribution in [1.29, 1.82) is 0 Å². The van der Waals surface area contributed by atoms with E-state index in [1.165, 1.54) is 54.9 Å². The summed E-state index contributed by atoms with van der Waals surface area (Å²) in [7, 11) is 0. The summed E-state index contributed by atoms with van der Waals surface area (Å²) >= 11 is 0. The molecule has 2 atom stereocenters. The van der Waals surface area contributed by atoms with Crippen LogP contribution in [0.4, 0.5) is 0 Å². The number of hydrogen-bond donors (Lipinski definition) is 2. The summed E-state index contributed by atoms with van der Waals surface area (Å²) in [6.07, 6.45) is 0. The minimum atomic E-state index is 0.172. The van der Waals surface area contributed by atoms with Crippen LogP contribution in [-0.4, -0.2) is 12.1 Å². The van der Waals surface area contributed by atoms with Gasteiger partial charge < -0.3 is 10.6 Å². The Morgan fingerprint density at radius 2 is 0.833 bits per heavy atom. The Kier molecular flexibility index (Phi) is 8.60. The molecule has 0 aliphatic rings. The summed E-state index contributed by atoms with van der Waals surface area (Å²) in [5.74, 6) is 0. The van der Waals surface area contributed by atoms with Gasteiger partial charge in [-0.3, -0.25) is 0 Å². The Bertz CT molecular complexity index is 1550. The molecule has 0 spiro atoms. The van der Waals surface area contributed by atoms with Crippen molar-refractivity contribution in [1.82, 2.24) is 10.6 Å². The van der Waals surface area contributed by atoms with Crippen molar-refractivity contribution >= 4 is 21.5 Å². The summed E-state index contributed by atoms with van der Waals surface area (Å²) in [6.45, 7) is 20.1. The van der Waals surface area contributed by atoms with E-state index in [9.17, 15) is 0 Å². The normalized spacial score (nSPS) is 13.9. The molecule has 0 fully saturated rings. The third-order valence-corrected chi connectivity index (χ3v) is 9.28. The predicted molar refractivity (Wildman–Crippen MR) is 184 cm³/mol. The lowest BCUT2D eigenvalue weighted by Crippen LogP contribution is -2.37. The van der Waals surface area contributed by atoms with E-state index in [4.69, 9.17) is 0 Å². The molecule has 0 saturated heterocycles. The van der Waals surface area contributed by atoms with Gasteiger partial charge in [-0.25, -0.2) is 0 Å². The van der Waals surface area contributed by atoms with E-state index < -0.39 is 0 Å². The van der Waals surface area contributed by atoms with E-state index in [0.717, 1.165) is 13.1 Å². The van der Waals surface area contributed by atoms with Crippen molar-refractivity contribution in [3.8, 4) is 22.3 Å². The minimum absolute atomic E-state index is 0.172. The summed E-state index contributed by atoms with van der Waals surface area (Å²) < 4.78 is 0. The van der Waals surface area contributed by atoms with Crippen molar-refractivity contribution in [2.75, 3.05) is 0 Å². The molecule has 0 heterocycles. The fourth-order valence-corrected chi connectivity index (χ4v) is 5.54. The van der Waals surface area contributed by atoms with Gasteiger partial charge in [-0.05, 0) is 91.7 Å². The molecule has 0 amide bonds. The van der Waals surface area contributed by atoms with Gasteiger partial charge in [0.05, 0.1) is 0 Å². The van der Waals surface area contributed by atoms with E-state index in [2.05, 4.69) is 163 Å². The summed E-state index contributed by atoms with van der Waals surface area (Å²) in [5, 5.41) is 12.9. The van der Waals surface area contributed by atoms with Crippen LogP contribution < -0.4 is 10.6 Å². The highest BCUT2D eigenvalue weighted by Crippen LogP contribution is 2.39. The monoisotopic (exact) mass is 556 g/mol. The molecule has 5 rings (SSSR count). The van der Waals surface area contributed by atoms with Gasteiger partial charge in [-0.1, -0.05) is 126 Å². The predicted octanol–water partition coefficient (Wildman–Crippen LogP) is 10.4. The number of rotatable bonds is 8. The van der Waals surface area contributed by atoms with Gasteiger partial charge in [0.15, 0.2) is 0 Å². The zero-order valence-corrected chi connectivity index (χ0v) is 26.8. The molecule has 0 bridgehead atoms. The van der Waals surface area contributed by atoms with Gasteiger partial charge >= 0.3 is 0 Å². The second-order valence-corrected chi connectivity index (χ2v) is 14.2. The van der Waals surface area contributed by atoms with Crippen LogP contribution in [0, 0.1) is 10.8 Å². The van der Waals surface area contributed by atoms with Crippen molar-refractivity contribution in [2.24, 2.45) is 10.8 Å². The van der Waals surface area contributed by atoms with Gasteiger partial charge in [0.25, 0.3) is 0 Å². The third kappa shape index (κ3) is 6.46. The van der Waals surface area contributed by atoms with Crippen LogP contribution in [-0.2, 0) is 13.1 Å². The van der Waals surface area contributed by atoms with Crippen LogP contribution in [0.3, 0.4) is 0 Å². The molecule has 5 aromatic rings. The summed E-state index contributed by atoms with van der Waals surface area (Å²) in [5.41, 5.74) is 8.21. The van der Waals surface area contributed by atoms with Crippen LogP contribution in [0.5, 0.6) is 0 Å². The average Bonchev–Trinajstić information content (AvgIpc) is 2.97. The zero-order valence-electron chi connectivity index (χ0n) is 26.8. The molecule has 0 saturated carbocycles. The van der Waals surface area contributed by atoms with Crippen LogP contribution in [0.15, 0.2) is 97.1 Å². The van der Waals surface area contributed by atoms with Crippen LogP contribution in [0.1, 0.15) is 66.5 Å². The number of hydrogen-bond acceptors (Lipinski definition) is 2. The Balaban J connectivity index is 1.74. The maximum absolute atomic E-state index is 3.89. The lowest BCUT2D eigenvalue weighted by Gasteiger charge is -2.30. The first-order valence-corrected chi connectivity index (χ1v) is 15.5. The summed E-state index contributed by atoms with van der Waals surface area (Å²) in [6, 6.07) is 36.6. The van der Waals surface area contributed by atoms with Crippen molar-refractivity contribution < 1.29 is 0 Å². The highest BCUT2D eigenvalue weighted by molar-refractivity contribution is 6.00. The molecule has 5 aromatic carbocycles. The molecule has 218 valence electrons. The van der Waals surface area contributed by atoms with E-state index in [0.29, 0.717) is 12.1 Å². The molecule has 0 radical (unpaired) electrons. The smallest absolute Gasteiger partial charge is 0.0214 e. The van der Waals surface area contributed by atoms with Gasteiger partial charge in [0.2, 0.25) is 0 Å². The molecule has 2 nitrogen and oxygen atoms in total. The highest BCUT2D eigenvalue weighted by Gasteiger charge is 2.23. The quantitative estimate of drug-likeness (QED) is 0.199. The molecular weight excluding hydrogens is 508 g/mol. The minimum Gasteiger partial charge on any atom is -0.310 e. The van der Waals surface area contributed by atoms with Crippen molar-refractivity contribution in [3.05, 3.63) is 108 Å². The van der Waals surface area contributed by atoms with Crippen molar-refractivity contribution in [2.45, 2.75) is 80.6 Å². The Morgan fingerprint density at radius 3 is 1.21 bits per heavy atom. The molecule has 42 heavy (non-hydrogen) atoms. The van der Waals surface area contributed by atoms with Gasteiger partial charge in [-0.2, -0.15) is 0 Å². The zero-order chi connectivity index (χ0) is 30.1. The lowest BCUT2D eigenvalue weighted by molar-refractivity contribution is 0.284. The maximum Gasteiger partial charge on any atom is 0.0214 e. The van der Waals surface area contributed by atoms with Crippen LogP contribution in [0.25, 0.3) is 43.8 Å². The molecule has 2 N–H and O–H groups in total. The first-order valence-electron chi connectivity index (χ1n) is 15.5. The topological polar surface area (TPSA) is 24.1 Å². The second-order valence-electron chi connectivity index (χ2n) is 14.2. The highest BCUT2D eigenvalue weighted by atomic mass is 14.9. The van der Waals surface area contributed by atoms with E-state index in [-0.39, 0.29) is 10.8 Å². The first kappa shape index (κ1) is 30.0. The fraction of sp³-hybridized carbons (Fsp3) is 0.350. The van der Waals surface area contributed by atoms with Crippen LogP contribution in [0.2, 0.25) is 0 Å². The van der Waals surface area contributed by atoms with Gasteiger partial charge in [0.1, 0.15) is 0 Å². The van der Waals surface area contributed by atoms with E-state index >= 15 is 0 Å². The molecule has 2 heteroatoms. The SMILES string of the molecule is C[C@@H](NCc1cc(-c2cccc3ccccc23)c(CN[C@H](C)C(C)(C)C)cc1-c1cccc2ccccc12)C(C)(C)C. The standard InChI is InChI=1S/C40H48N2/c1-27(39(3,4)5)41-25-31-23-38(36-22-14-18-30-16-10-12-20-34(30)36)32(26-42-28(2)40(6,7)8)24-37(31)35-21-13-17-29-15-9-11-19-33(29)35/h9-24,27-28,41-42H,25-26H2,1-8H3/t27-,28-/m1/s1. The fourth-order valence-electron chi connectivity index (χ4n) is 5.54. The van der Waals surface area contributed by atoms with Gasteiger partial charge in [-0.15, -0.1) is 0 Å². The number of benzene rings is 5. The molecule has 0 aliphatic carbocycles.